The Labute approximate surface area is 210 Å². The molecule has 0 aliphatic rings. The molecule has 0 aliphatic heterocycles. The highest BCUT2D eigenvalue weighted by molar-refractivity contribution is 7.99. The summed E-state index contributed by atoms with van der Waals surface area (Å²) >= 11 is 14.7. The molecule has 0 saturated heterocycles. The maximum absolute atomic E-state index is 12.7. The van der Waals surface area contributed by atoms with Crippen molar-refractivity contribution < 1.29 is 14.3 Å². The summed E-state index contributed by atoms with van der Waals surface area (Å²) in [6.07, 6.45) is 1.72. The fourth-order valence-electron chi connectivity index (χ4n) is 2.99. The largest absolute Gasteiger partial charge is 0.462 e. The maximum atomic E-state index is 12.7. The van der Waals surface area contributed by atoms with Gasteiger partial charge in [0.2, 0.25) is 5.91 Å². The van der Waals surface area contributed by atoms with E-state index in [-0.39, 0.29) is 18.3 Å². The predicted molar refractivity (Wildman–Crippen MR) is 135 cm³/mol. The zero-order valence-electron chi connectivity index (χ0n) is 18.3. The van der Waals surface area contributed by atoms with Crippen molar-refractivity contribution >= 4 is 63.2 Å². The van der Waals surface area contributed by atoms with E-state index in [0.29, 0.717) is 38.1 Å². The van der Waals surface area contributed by atoms with Crippen molar-refractivity contribution in [2.24, 2.45) is 0 Å². The van der Waals surface area contributed by atoms with Crippen LogP contribution in [0, 0.1) is 13.8 Å². The molecule has 7 nitrogen and oxygen atoms in total. The molecule has 3 rings (SSSR count). The summed E-state index contributed by atoms with van der Waals surface area (Å²) in [5, 5.41) is 13.2. The van der Waals surface area contributed by atoms with E-state index in [1.165, 1.54) is 23.1 Å². The topological polar surface area (TPSA) is 86.1 Å². The van der Waals surface area contributed by atoms with Crippen molar-refractivity contribution in [3.8, 4) is 11.4 Å². The predicted octanol–water partition coefficient (Wildman–Crippen LogP) is 6.02. The van der Waals surface area contributed by atoms with Gasteiger partial charge in [0.1, 0.15) is 5.00 Å². The molecular formula is C22H22Cl2N4O3S2. The van der Waals surface area contributed by atoms with Crippen LogP contribution in [0.1, 0.15) is 27.7 Å². The van der Waals surface area contributed by atoms with Crippen molar-refractivity contribution in [3.05, 3.63) is 56.9 Å². The number of benzene rings is 1. The lowest BCUT2D eigenvalue weighted by molar-refractivity contribution is -0.113. The quantitative estimate of drug-likeness (QED) is 0.209. The van der Waals surface area contributed by atoms with Gasteiger partial charge in [0.05, 0.1) is 28.0 Å². The molecular weight excluding hydrogens is 503 g/mol. The van der Waals surface area contributed by atoms with E-state index in [2.05, 4.69) is 22.1 Å². The second-order valence-corrected chi connectivity index (χ2v) is 9.86. The summed E-state index contributed by atoms with van der Waals surface area (Å²) in [5.74, 6) is -0.0460. The van der Waals surface area contributed by atoms with Crippen LogP contribution in [0.15, 0.2) is 36.0 Å². The Hall–Kier alpha value is -2.33. The SMILES string of the molecule is C=CCn1c(SCC(=O)Nc2sc(C)c(C)c2C(=O)OCC)nnc1-c1ccc(Cl)c(Cl)c1. The van der Waals surface area contributed by atoms with Crippen LogP contribution in [0.5, 0.6) is 0 Å². The minimum absolute atomic E-state index is 0.0783. The second kappa shape index (κ2) is 11.2. The standard InChI is InChI=1S/C22H22Cl2N4O3S2/c1-5-9-28-19(14-7-8-15(23)16(24)10-14)26-27-22(28)32-11-17(29)25-20-18(21(30)31-6-2)12(3)13(4)33-20/h5,7-8,10H,1,6,9,11H2,2-4H3,(H,25,29). The van der Waals surface area contributed by atoms with Gasteiger partial charge in [-0.1, -0.05) is 41.0 Å². The molecule has 2 heterocycles. The molecule has 1 amide bonds. The number of amides is 1. The van der Waals surface area contributed by atoms with Gasteiger partial charge < -0.3 is 10.1 Å². The van der Waals surface area contributed by atoms with Gasteiger partial charge in [0.25, 0.3) is 0 Å². The van der Waals surface area contributed by atoms with Crippen LogP contribution in [-0.2, 0) is 16.1 Å². The van der Waals surface area contributed by atoms with Gasteiger partial charge in [-0.2, -0.15) is 0 Å². The van der Waals surface area contributed by atoms with Gasteiger partial charge in [-0.15, -0.1) is 28.1 Å². The Bertz CT molecular complexity index is 1210. The molecule has 3 aromatic rings. The monoisotopic (exact) mass is 524 g/mol. The second-order valence-electron chi connectivity index (χ2n) is 6.88. The van der Waals surface area contributed by atoms with Gasteiger partial charge in [-0.3, -0.25) is 9.36 Å². The van der Waals surface area contributed by atoms with Gasteiger partial charge in [0.15, 0.2) is 11.0 Å². The number of carbonyl (C=O) groups is 2. The molecule has 0 bridgehead atoms. The first-order chi connectivity index (χ1) is 15.8. The van der Waals surface area contributed by atoms with Crippen LogP contribution < -0.4 is 5.32 Å². The smallest absolute Gasteiger partial charge is 0.341 e. The third-order valence-corrected chi connectivity index (χ3v) is 7.48. The molecule has 0 atom stereocenters. The fraction of sp³-hybridized carbons (Fsp3) is 0.273. The molecule has 33 heavy (non-hydrogen) atoms. The molecule has 1 aromatic carbocycles. The van der Waals surface area contributed by atoms with Crippen LogP contribution in [0.25, 0.3) is 11.4 Å². The van der Waals surface area contributed by atoms with Gasteiger partial charge in [0, 0.05) is 17.0 Å². The van der Waals surface area contributed by atoms with Crippen LogP contribution in [0.2, 0.25) is 10.0 Å². The van der Waals surface area contributed by atoms with E-state index < -0.39 is 5.97 Å². The number of esters is 1. The maximum Gasteiger partial charge on any atom is 0.341 e. The number of nitrogens with zero attached hydrogens (tertiary/aromatic N) is 3. The molecule has 0 spiro atoms. The molecule has 11 heteroatoms. The van der Waals surface area contributed by atoms with Crippen molar-refractivity contribution in [1.82, 2.24) is 14.8 Å². The number of carbonyl (C=O) groups excluding carboxylic acids is 2. The Morgan fingerprint density at radius 1 is 1.27 bits per heavy atom. The molecule has 0 aliphatic carbocycles. The summed E-state index contributed by atoms with van der Waals surface area (Å²) in [6, 6.07) is 5.21. The third kappa shape index (κ3) is 5.78. The van der Waals surface area contributed by atoms with Crippen LogP contribution in [0.4, 0.5) is 5.00 Å². The van der Waals surface area contributed by atoms with Crippen molar-refractivity contribution in [2.45, 2.75) is 32.5 Å². The van der Waals surface area contributed by atoms with Gasteiger partial charge in [-0.25, -0.2) is 4.79 Å². The fourth-order valence-corrected chi connectivity index (χ4v) is 5.11. The number of rotatable bonds is 9. The highest BCUT2D eigenvalue weighted by atomic mass is 35.5. The average Bonchev–Trinajstić information content (AvgIpc) is 3.29. The molecule has 0 unspecified atom stereocenters. The average molecular weight is 525 g/mol. The Kier molecular flexibility index (Phi) is 8.58. The van der Waals surface area contributed by atoms with E-state index in [0.717, 1.165) is 16.0 Å². The number of allylic oxidation sites excluding steroid dienone is 1. The van der Waals surface area contributed by atoms with E-state index in [1.807, 2.05) is 18.4 Å². The Morgan fingerprint density at radius 3 is 2.70 bits per heavy atom. The van der Waals surface area contributed by atoms with Gasteiger partial charge in [-0.05, 0) is 44.5 Å². The normalized spacial score (nSPS) is 10.8. The van der Waals surface area contributed by atoms with Crippen LogP contribution >= 0.6 is 46.3 Å². The summed E-state index contributed by atoms with van der Waals surface area (Å²) in [6.45, 7) is 9.98. The number of nitrogens with one attached hydrogen (secondary N) is 1. The number of aromatic nitrogens is 3. The zero-order valence-corrected chi connectivity index (χ0v) is 21.4. The molecule has 0 radical (unpaired) electrons. The lowest BCUT2D eigenvalue weighted by Gasteiger charge is -2.09. The lowest BCUT2D eigenvalue weighted by Crippen LogP contribution is -2.17. The molecule has 1 N–H and O–H groups in total. The van der Waals surface area contributed by atoms with Crippen molar-refractivity contribution in [3.63, 3.8) is 0 Å². The number of hydrogen-bond acceptors (Lipinski definition) is 7. The number of halogens is 2. The highest BCUT2D eigenvalue weighted by Gasteiger charge is 2.22. The number of thioether (sulfide) groups is 1. The van der Waals surface area contributed by atoms with Crippen molar-refractivity contribution in [1.29, 1.82) is 0 Å². The van der Waals surface area contributed by atoms with Crippen LogP contribution in [-0.4, -0.2) is 39.0 Å². The zero-order chi connectivity index (χ0) is 24.1. The number of anilines is 1. The van der Waals surface area contributed by atoms with Gasteiger partial charge >= 0.3 is 5.97 Å². The Balaban J connectivity index is 1.77. The van der Waals surface area contributed by atoms with E-state index in [1.54, 1.807) is 31.2 Å². The number of hydrogen-bond donors (Lipinski definition) is 1. The lowest BCUT2D eigenvalue weighted by atomic mass is 10.1. The van der Waals surface area contributed by atoms with Crippen LogP contribution in [0.3, 0.4) is 0 Å². The van der Waals surface area contributed by atoms with Crippen molar-refractivity contribution in [2.75, 3.05) is 17.7 Å². The summed E-state index contributed by atoms with van der Waals surface area (Å²) < 4.78 is 6.98. The summed E-state index contributed by atoms with van der Waals surface area (Å²) in [4.78, 5) is 26.0. The first-order valence-electron chi connectivity index (χ1n) is 9.96. The third-order valence-electron chi connectivity index (χ3n) is 4.66. The minimum Gasteiger partial charge on any atom is -0.462 e. The number of aryl methyl sites for hydroxylation is 1. The minimum atomic E-state index is -0.445. The number of ether oxygens (including phenoxy) is 1. The van der Waals surface area contributed by atoms with E-state index in [9.17, 15) is 9.59 Å². The van der Waals surface area contributed by atoms with E-state index >= 15 is 0 Å². The molecule has 0 fully saturated rings. The molecule has 174 valence electrons. The molecule has 2 aromatic heterocycles. The highest BCUT2D eigenvalue weighted by Crippen LogP contribution is 2.34. The van der Waals surface area contributed by atoms with E-state index in [4.69, 9.17) is 27.9 Å². The first kappa shape index (κ1) is 25.3. The summed E-state index contributed by atoms with van der Waals surface area (Å²) in [5.41, 5.74) is 1.95. The summed E-state index contributed by atoms with van der Waals surface area (Å²) in [7, 11) is 0. The molecule has 0 saturated carbocycles. The number of thiophene rings is 1. The Morgan fingerprint density at radius 2 is 2.03 bits per heavy atom. The first-order valence-corrected chi connectivity index (χ1v) is 12.5.